The average molecular weight is 504 g/mol. The fourth-order valence-corrected chi connectivity index (χ4v) is 5.63. The number of rotatable bonds is 11. The third-order valence-corrected chi connectivity index (χ3v) is 7.80. The summed E-state index contributed by atoms with van der Waals surface area (Å²) in [6.45, 7) is 7.61. The zero-order valence-electron chi connectivity index (χ0n) is 21.8. The quantitative estimate of drug-likeness (QED) is 0.395. The molecular weight excluding hydrogens is 466 g/mol. The average Bonchev–Trinajstić information content (AvgIpc) is 3.57. The van der Waals surface area contributed by atoms with Crippen molar-refractivity contribution in [3.63, 3.8) is 0 Å². The summed E-state index contributed by atoms with van der Waals surface area (Å²) in [7, 11) is 1.68. The van der Waals surface area contributed by atoms with Gasteiger partial charge in [0.05, 0.1) is 13.2 Å². The largest absolute Gasteiger partial charge is 0.493 e. The Morgan fingerprint density at radius 1 is 0.973 bits per heavy atom. The Morgan fingerprint density at radius 2 is 1.81 bits per heavy atom. The summed E-state index contributed by atoms with van der Waals surface area (Å²) in [6, 6.07) is 18.8. The number of hydrogen-bond donors (Lipinski definition) is 1. The molecule has 196 valence electrons. The van der Waals surface area contributed by atoms with Gasteiger partial charge in [0.1, 0.15) is 18.1 Å². The summed E-state index contributed by atoms with van der Waals surface area (Å²) in [5.74, 6) is 2.24. The Labute approximate surface area is 219 Å². The van der Waals surface area contributed by atoms with Gasteiger partial charge in [-0.2, -0.15) is 0 Å². The maximum absolute atomic E-state index is 12.2. The molecule has 1 N–H and O–H groups in total. The van der Waals surface area contributed by atoms with Crippen LogP contribution in [0, 0.1) is 5.92 Å². The monoisotopic (exact) mass is 503 g/mol. The minimum absolute atomic E-state index is 0.0224. The van der Waals surface area contributed by atoms with E-state index >= 15 is 0 Å². The van der Waals surface area contributed by atoms with Crippen molar-refractivity contribution in [3.8, 4) is 11.5 Å². The maximum Gasteiger partial charge on any atom is 0.252 e. The number of nitrogens with zero attached hydrogens (tertiary/aromatic N) is 2. The van der Waals surface area contributed by atoms with E-state index in [-0.39, 0.29) is 11.8 Å². The molecule has 1 aromatic heterocycles. The number of methoxy groups -OCH3 is 1. The van der Waals surface area contributed by atoms with Gasteiger partial charge in [0.2, 0.25) is 0 Å². The predicted octanol–water partition coefficient (Wildman–Crippen LogP) is 4.33. The summed E-state index contributed by atoms with van der Waals surface area (Å²) in [5.41, 5.74) is 3.04. The second-order valence-corrected chi connectivity index (χ2v) is 9.98. The molecule has 7 nitrogen and oxygen atoms in total. The number of fused-ring (bicyclic) bond motifs is 1. The second-order valence-electron chi connectivity index (χ2n) is 9.98. The Hall–Kier alpha value is -3.29. The van der Waals surface area contributed by atoms with Gasteiger partial charge >= 0.3 is 0 Å². The molecule has 0 radical (unpaired) electrons. The lowest BCUT2D eigenvalue weighted by Gasteiger charge is -2.44. The van der Waals surface area contributed by atoms with Crippen molar-refractivity contribution in [2.24, 2.45) is 5.92 Å². The van der Waals surface area contributed by atoms with E-state index in [1.165, 1.54) is 5.56 Å². The molecule has 3 heterocycles. The Morgan fingerprint density at radius 3 is 2.65 bits per heavy atom. The molecule has 2 aliphatic rings. The third kappa shape index (κ3) is 6.00. The minimum Gasteiger partial charge on any atom is -0.493 e. The van der Waals surface area contributed by atoms with Gasteiger partial charge in [-0.15, -0.1) is 0 Å². The number of amides is 1. The van der Waals surface area contributed by atoms with Crippen LogP contribution in [0.5, 0.6) is 11.5 Å². The van der Waals surface area contributed by atoms with Gasteiger partial charge in [0.25, 0.3) is 5.91 Å². The van der Waals surface area contributed by atoms with Crippen LogP contribution in [-0.4, -0.2) is 61.4 Å². The Balaban J connectivity index is 1.33. The molecular formula is C30H37N3O4. The van der Waals surface area contributed by atoms with E-state index in [1.54, 1.807) is 7.11 Å². The Bertz CT molecular complexity index is 1180. The molecule has 3 unspecified atom stereocenters. The molecule has 0 aliphatic carbocycles. The van der Waals surface area contributed by atoms with Gasteiger partial charge in [-0.25, -0.2) is 0 Å². The van der Waals surface area contributed by atoms with Crippen LogP contribution in [0.3, 0.4) is 0 Å². The van der Waals surface area contributed by atoms with Crippen LogP contribution in [0.1, 0.15) is 40.7 Å². The number of carbonyl (C=O) groups is 1. The van der Waals surface area contributed by atoms with E-state index < -0.39 is 0 Å². The van der Waals surface area contributed by atoms with Crippen LogP contribution in [-0.2, 0) is 17.8 Å². The first-order valence-corrected chi connectivity index (χ1v) is 13.2. The van der Waals surface area contributed by atoms with Gasteiger partial charge in [0.15, 0.2) is 0 Å². The first-order valence-electron chi connectivity index (χ1n) is 13.2. The van der Waals surface area contributed by atoms with Crippen LogP contribution in [0.15, 0.2) is 67.0 Å². The summed E-state index contributed by atoms with van der Waals surface area (Å²) in [4.78, 5) is 14.7. The van der Waals surface area contributed by atoms with Gasteiger partial charge in [-0.1, -0.05) is 18.2 Å². The van der Waals surface area contributed by atoms with E-state index in [4.69, 9.17) is 14.2 Å². The number of carbonyl (C=O) groups excluding carboxylic acids is 1. The second kappa shape index (κ2) is 11.8. The first-order chi connectivity index (χ1) is 18.1. The minimum atomic E-state index is -0.0224. The van der Waals surface area contributed by atoms with E-state index in [0.717, 1.165) is 48.7 Å². The number of hydrogen-bond acceptors (Lipinski definition) is 5. The molecule has 3 aromatic rings. The molecule has 0 saturated carbocycles. The van der Waals surface area contributed by atoms with Crippen molar-refractivity contribution >= 4 is 5.91 Å². The molecule has 0 spiro atoms. The normalized spacial score (nSPS) is 21.5. The van der Waals surface area contributed by atoms with Crippen LogP contribution >= 0.6 is 0 Å². The number of ether oxygens (including phenoxy) is 3. The lowest BCUT2D eigenvalue weighted by molar-refractivity contribution is 0.0538. The lowest BCUT2D eigenvalue weighted by atomic mass is 9.76. The smallest absolute Gasteiger partial charge is 0.252 e. The van der Waals surface area contributed by atoms with Gasteiger partial charge in [-0.05, 0) is 73.3 Å². The summed E-state index contributed by atoms with van der Waals surface area (Å²) >= 11 is 0. The maximum atomic E-state index is 12.2. The number of piperidine rings is 1. The Kier molecular flexibility index (Phi) is 8.12. The van der Waals surface area contributed by atoms with Crippen molar-refractivity contribution in [2.75, 3.05) is 40.0 Å². The molecule has 2 aliphatic heterocycles. The summed E-state index contributed by atoms with van der Waals surface area (Å²) in [6.07, 6.45) is 5.30. The van der Waals surface area contributed by atoms with Crippen molar-refractivity contribution in [2.45, 2.75) is 38.4 Å². The topological polar surface area (TPSA) is 65.0 Å². The number of benzene rings is 2. The van der Waals surface area contributed by atoms with Crippen molar-refractivity contribution in [3.05, 3.63) is 83.7 Å². The van der Waals surface area contributed by atoms with E-state index in [1.807, 2.05) is 24.3 Å². The highest BCUT2D eigenvalue weighted by Gasteiger charge is 2.37. The van der Waals surface area contributed by atoms with E-state index in [0.29, 0.717) is 38.3 Å². The standard InChI is InChI=1S/C30H37N3O4/c1-22-29(21-37-26-9-8-24-20-31-30(34)28(24)19-26)27(10-13-33(22)15-14-32-11-3-4-12-32)23-6-5-7-25(18-23)36-17-16-35-2/h3-9,11-12,18-19,22,27,29H,10,13-17,20-21H2,1-2H3,(H,31,34). The molecule has 1 amide bonds. The summed E-state index contributed by atoms with van der Waals surface area (Å²) < 4.78 is 19.7. The molecule has 0 bridgehead atoms. The highest BCUT2D eigenvalue weighted by atomic mass is 16.5. The molecule has 37 heavy (non-hydrogen) atoms. The molecule has 2 aromatic carbocycles. The summed E-state index contributed by atoms with van der Waals surface area (Å²) in [5, 5.41) is 2.89. The third-order valence-electron chi connectivity index (χ3n) is 7.80. The number of nitrogens with one attached hydrogen (secondary N) is 1. The van der Waals surface area contributed by atoms with E-state index in [9.17, 15) is 4.79 Å². The zero-order valence-corrected chi connectivity index (χ0v) is 21.8. The first kappa shape index (κ1) is 25.4. The molecule has 5 rings (SSSR count). The van der Waals surface area contributed by atoms with Crippen LogP contribution in [0.2, 0.25) is 0 Å². The van der Waals surface area contributed by atoms with Crippen molar-refractivity contribution in [1.82, 2.24) is 14.8 Å². The van der Waals surface area contributed by atoms with Crippen LogP contribution in [0.4, 0.5) is 0 Å². The molecule has 1 saturated heterocycles. The molecule has 3 atom stereocenters. The fourth-order valence-electron chi connectivity index (χ4n) is 5.63. The lowest BCUT2D eigenvalue weighted by Crippen LogP contribution is -2.49. The zero-order chi connectivity index (χ0) is 25.6. The van der Waals surface area contributed by atoms with Crippen LogP contribution in [0.25, 0.3) is 0 Å². The van der Waals surface area contributed by atoms with Gasteiger partial charge in [0, 0.05) is 56.7 Å². The molecule has 1 fully saturated rings. The highest BCUT2D eigenvalue weighted by molar-refractivity contribution is 5.98. The van der Waals surface area contributed by atoms with Crippen molar-refractivity contribution in [1.29, 1.82) is 0 Å². The fraction of sp³-hybridized carbons (Fsp3) is 0.433. The SMILES string of the molecule is COCCOc1cccc(C2CCN(CCn3cccc3)C(C)C2COc2ccc3c(c2)C(=O)NC3)c1. The number of likely N-dealkylation sites (tertiary alicyclic amines) is 1. The van der Waals surface area contributed by atoms with Crippen molar-refractivity contribution < 1.29 is 19.0 Å². The van der Waals surface area contributed by atoms with Gasteiger partial charge < -0.3 is 24.1 Å². The van der Waals surface area contributed by atoms with Crippen LogP contribution < -0.4 is 14.8 Å². The number of aromatic nitrogens is 1. The predicted molar refractivity (Wildman–Crippen MR) is 143 cm³/mol. The highest BCUT2D eigenvalue weighted by Crippen LogP contribution is 2.38. The van der Waals surface area contributed by atoms with E-state index in [2.05, 4.69) is 64.4 Å². The van der Waals surface area contributed by atoms with Gasteiger partial charge in [-0.3, -0.25) is 9.69 Å². The molecule has 7 heteroatoms.